The van der Waals surface area contributed by atoms with Crippen molar-refractivity contribution in [2.75, 3.05) is 11.9 Å². The van der Waals surface area contributed by atoms with Crippen LogP contribution in [-0.2, 0) is 14.4 Å². The number of hydrogen-bond donors (Lipinski definition) is 3. The summed E-state index contributed by atoms with van der Waals surface area (Å²) in [4.78, 5) is 46.9. The van der Waals surface area contributed by atoms with Gasteiger partial charge in [-0.2, -0.15) is 0 Å². The minimum Gasteiger partial charge on any atom is -0.483 e. The molecule has 0 aromatic heterocycles. The second kappa shape index (κ2) is 8.53. The average molecular weight is 418 g/mol. The monoisotopic (exact) mass is 417 g/mol. The van der Waals surface area contributed by atoms with Crippen molar-refractivity contribution in [3.63, 3.8) is 0 Å². The fourth-order valence-corrected chi connectivity index (χ4v) is 2.60. The van der Waals surface area contributed by atoms with Gasteiger partial charge in [0.2, 0.25) is 0 Å². The Morgan fingerprint density at radius 1 is 1.10 bits per heavy atom. The topological polar surface area (TPSA) is 114 Å². The summed E-state index contributed by atoms with van der Waals surface area (Å²) in [6.07, 6.45) is 1.17. The highest BCUT2D eigenvalue weighted by Gasteiger charge is 2.28. The molecule has 0 saturated carbocycles. The Labute approximate surface area is 168 Å². The van der Waals surface area contributed by atoms with Crippen molar-refractivity contribution in [1.82, 2.24) is 10.6 Å². The van der Waals surface area contributed by atoms with E-state index in [0.29, 0.717) is 0 Å². The summed E-state index contributed by atoms with van der Waals surface area (Å²) < 4.78 is 19.0. The number of benzene rings is 2. The molecule has 1 fully saturated rings. The summed E-state index contributed by atoms with van der Waals surface area (Å²) in [5.41, 5.74) is -0.113. The summed E-state index contributed by atoms with van der Waals surface area (Å²) in [5.74, 6) is -2.85. The SMILES string of the molecule is O=C(COc1ccc(Cl)cc1C=C1C(=O)NC(=O)NC1=O)Nc1ccccc1F. The number of ether oxygens (including phenoxy) is 1. The number of urea groups is 1. The van der Waals surface area contributed by atoms with Crippen LogP contribution in [0, 0.1) is 5.82 Å². The Bertz CT molecular complexity index is 1030. The normalized spacial score (nSPS) is 13.4. The van der Waals surface area contributed by atoms with Crippen LogP contribution in [-0.4, -0.2) is 30.4 Å². The van der Waals surface area contributed by atoms with Gasteiger partial charge in [-0.1, -0.05) is 23.7 Å². The van der Waals surface area contributed by atoms with Crippen LogP contribution in [0.25, 0.3) is 6.08 Å². The zero-order chi connectivity index (χ0) is 21.0. The third kappa shape index (κ3) is 4.96. The average Bonchev–Trinajstić information content (AvgIpc) is 2.66. The highest BCUT2D eigenvalue weighted by Crippen LogP contribution is 2.26. The molecule has 0 unspecified atom stereocenters. The first-order chi connectivity index (χ1) is 13.8. The highest BCUT2D eigenvalue weighted by atomic mass is 35.5. The lowest BCUT2D eigenvalue weighted by atomic mass is 10.1. The summed E-state index contributed by atoms with van der Waals surface area (Å²) >= 11 is 5.96. The fourth-order valence-electron chi connectivity index (χ4n) is 2.42. The van der Waals surface area contributed by atoms with Gasteiger partial charge in [-0.25, -0.2) is 9.18 Å². The first kappa shape index (κ1) is 20.0. The van der Waals surface area contributed by atoms with Gasteiger partial charge in [0.25, 0.3) is 17.7 Å². The predicted octanol–water partition coefficient (Wildman–Crippen LogP) is 2.25. The fraction of sp³-hybridized carbons (Fsp3) is 0.0526. The standard InChI is InChI=1S/C19H13ClFN3O5/c20-11-5-6-15(29-9-16(25)22-14-4-2-1-3-13(14)21)10(7-11)8-12-17(26)23-19(28)24-18(12)27/h1-8H,9H2,(H,22,25)(H2,23,24,26,27,28). The largest absolute Gasteiger partial charge is 0.483 e. The number of rotatable bonds is 5. The lowest BCUT2D eigenvalue weighted by Crippen LogP contribution is -2.51. The molecule has 2 aromatic carbocycles. The van der Waals surface area contributed by atoms with Gasteiger partial charge in [0, 0.05) is 10.6 Å². The molecule has 1 aliphatic heterocycles. The molecule has 10 heteroatoms. The molecular formula is C19H13ClFN3O5. The molecule has 1 aliphatic rings. The molecule has 1 saturated heterocycles. The number of carbonyl (C=O) groups is 4. The molecule has 148 valence electrons. The van der Waals surface area contributed by atoms with Crippen molar-refractivity contribution < 1.29 is 28.3 Å². The third-order valence-electron chi connectivity index (χ3n) is 3.72. The van der Waals surface area contributed by atoms with Gasteiger partial charge in [0.15, 0.2) is 6.61 Å². The van der Waals surface area contributed by atoms with Crippen LogP contribution in [0.1, 0.15) is 5.56 Å². The molecule has 0 radical (unpaired) electrons. The van der Waals surface area contributed by atoms with Gasteiger partial charge in [0.05, 0.1) is 5.69 Å². The van der Waals surface area contributed by atoms with Crippen LogP contribution in [0.4, 0.5) is 14.9 Å². The zero-order valence-corrected chi connectivity index (χ0v) is 15.4. The Morgan fingerprint density at radius 2 is 1.79 bits per heavy atom. The number of anilines is 1. The maximum Gasteiger partial charge on any atom is 0.328 e. The molecule has 3 N–H and O–H groups in total. The van der Waals surface area contributed by atoms with Crippen LogP contribution < -0.4 is 20.7 Å². The van der Waals surface area contributed by atoms with Crippen LogP contribution in [0.15, 0.2) is 48.0 Å². The van der Waals surface area contributed by atoms with Crippen LogP contribution in [0.3, 0.4) is 0 Å². The molecule has 0 bridgehead atoms. The van der Waals surface area contributed by atoms with Crippen LogP contribution in [0.5, 0.6) is 5.75 Å². The van der Waals surface area contributed by atoms with Crippen molar-refractivity contribution in [2.45, 2.75) is 0 Å². The quantitative estimate of drug-likeness (QED) is 0.510. The Kier molecular flexibility index (Phi) is 5.89. The molecule has 2 aromatic rings. The lowest BCUT2D eigenvalue weighted by molar-refractivity contribution is -0.124. The van der Waals surface area contributed by atoms with Crippen LogP contribution >= 0.6 is 11.6 Å². The number of hydrogen-bond acceptors (Lipinski definition) is 5. The Morgan fingerprint density at radius 3 is 2.48 bits per heavy atom. The van der Waals surface area contributed by atoms with Crippen molar-refractivity contribution >= 4 is 47.1 Å². The first-order valence-corrected chi connectivity index (χ1v) is 8.56. The molecular weight excluding hydrogens is 405 g/mol. The van der Waals surface area contributed by atoms with Crippen molar-refractivity contribution in [2.24, 2.45) is 0 Å². The molecule has 8 nitrogen and oxygen atoms in total. The van der Waals surface area contributed by atoms with E-state index in [0.717, 1.165) is 0 Å². The van der Waals surface area contributed by atoms with Crippen molar-refractivity contribution in [3.05, 3.63) is 64.4 Å². The molecule has 3 rings (SSSR count). The number of para-hydroxylation sites is 1. The number of carbonyl (C=O) groups excluding carboxylic acids is 4. The molecule has 5 amide bonds. The molecule has 0 spiro atoms. The molecule has 1 heterocycles. The van der Waals surface area contributed by atoms with E-state index in [2.05, 4.69) is 5.32 Å². The minimum absolute atomic E-state index is 0.000220. The van der Waals surface area contributed by atoms with Gasteiger partial charge >= 0.3 is 6.03 Å². The number of halogens is 2. The maximum absolute atomic E-state index is 13.6. The Balaban J connectivity index is 1.77. The first-order valence-electron chi connectivity index (χ1n) is 8.18. The van der Waals surface area contributed by atoms with Gasteiger partial charge in [-0.15, -0.1) is 0 Å². The smallest absolute Gasteiger partial charge is 0.328 e. The molecule has 0 atom stereocenters. The van der Waals surface area contributed by atoms with E-state index in [1.807, 2.05) is 10.6 Å². The Hall–Kier alpha value is -3.72. The van der Waals surface area contributed by atoms with Crippen molar-refractivity contribution in [3.8, 4) is 5.75 Å². The van der Waals surface area contributed by atoms with Gasteiger partial charge in [-0.3, -0.25) is 25.0 Å². The van der Waals surface area contributed by atoms with E-state index in [4.69, 9.17) is 16.3 Å². The summed E-state index contributed by atoms with van der Waals surface area (Å²) in [7, 11) is 0. The second-order valence-corrected chi connectivity index (χ2v) is 6.23. The zero-order valence-electron chi connectivity index (χ0n) is 14.6. The van der Waals surface area contributed by atoms with E-state index < -0.39 is 36.2 Å². The van der Waals surface area contributed by atoms with E-state index in [1.54, 1.807) is 6.07 Å². The van der Waals surface area contributed by atoms with Crippen molar-refractivity contribution in [1.29, 1.82) is 0 Å². The van der Waals surface area contributed by atoms with E-state index in [9.17, 15) is 23.6 Å². The van der Waals surface area contributed by atoms with Crippen LogP contribution in [0.2, 0.25) is 5.02 Å². The highest BCUT2D eigenvalue weighted by molar-refractivity contribution is 6.32. The summed E-state index contributed by atoms with van der Waals surface area (Å²) in [6.45, 7) is -0.469. The van der Waals surface area contributed by atoms with Gasteiger partial charge in [-0.05, 0) is 36.4 Å². The number of imide groups is 2. The predicted molar refractivity (Wildman–Crippen MR) is 102 cm³/mol. The number of amides is 5. The minimum atomic E-state index is -0.926. The summed E-state index contributed by atoms with van der Waals surface area (Å²) in [6, 6.07) is 9.05. The lowest BCUT2D eigenvalue weighted by Gasteiger charge is -2.15. The number of nitrogens with one attached hydrogen (secondary N) is 3. The van der Waals surface area contributed by atoms with E-state index in [1.165, 1.54) is 42.5 Å². The van der Waals surface area contributed by atoms with E-state index >= 15 is 0 Å². The molecule has 29 heavy (non-hydrogen) atoms. The van der Waals surface area contributed by atoms with Gasteiger partial charge < -0.3 is 10.1 Å². The second-order valence-electron chi connectivity index (χ2n) is 5.79. The van der Waals surface area contributed by atoms with Gasteiger partial charge in [0.1, 0.15) is 17.1 Å². The maximum atomic E-state index is 13.6. The third-order valence-corrected chi connectivity index (χ3v) is 3.96. The van der Waals surface area contributed by atoms with E-state index in [-0.39, 0.29) is 27.6 Å². The molecule has 0 aliphatic carbocycles. The number of barbiturate groups is 1. The summed E-state index contributed by atoms with van der Waals surface area (Å²) in [5, 5.41) is 6.54.